The van der Waals surface area contributed by atoms with Gasteiger partial charge >= 0.3 is 0 Å². The number of aryl methyl sites for hydroxylation is 1. The highest BCUT2D eigenvalue weighted by molar-refractivity contribution is 9.10. The number of hydrogen-bond donors (Lipinski definition) is 0. The molecule has 0 saturated carbocycles. The summed E-state index contributed by atoms with van der Waals surface area (Å²) in [6.45, 7) is 1.91. The number of terminal acetylenes is 1. The fourth-order valence-corrected chi connectivity index (χ4v) is 0.845. The van der Waals surface area contributed by atoms with Crippen molar-refractivity contribution in [1.29, 1.82) is 0 Å². The number of pyridine rings is 1. The predicted octanol–water partition coefficient (Wildman–Crippen LogP) is 2.13. The summed E-state index contributed by atoms with van der Waals surface area (Å²) in [5.41, 5.74) is 1.61. The van der Waals surface area contributed by atoms with Crippen LogP contribution in [0.2, 0.25) is 0 Å². The van der Waals surface area contributed by atoms with Crippen LogP contribution < -0.4 is 0 Å². The summed E-state index contributed by atoms with van der Waals surface area (Å²) < 4.78 is 0.992. The molecule has 10 heavy (non-hydrogen) atoms. The average molecular weight is 196 g/mol. The van der Waals surface area contributed by atoms with Crippen LogP contribution in [0.1, 0.15) is 11.4 Å². The van der Waals surface area contributed by atoms with Crippen LogP contribution in [-0.4, -0.2) is 4.98 Å². The molecule has 1 heterocycles. The zero-order chi connectivity index (χ0) is 7.56. The molecule has 0 unspecified atom stereocenters. The Labute approximate surface area is 68.6 Å². The second-order valence-corrected chi connectivity index (χ2v) is 2.76. The molecule has 0 aliphatic rings. The Morgan fingerprint density at radius 3 is 2.80 bits per heavy atom. The molecule has 1 nitrogen and oxygen atoms in total. The first-order valence-corrected chi connectivity index (χ1v) is 3.63. The maximum Gasteiger partial charge on any atom is 0.113 e. The minimum atomic E-state index is 0.681. The molecule has 0 spiro atoms. The standard InChI is InChI=1S/C8H6BrN/c1-3-7-4-5-8(9)6(2)10-7/h1,4-5H,2H3. The zero-order valence-corrected chi connectivity index (χ0v) is 7.14. The number of halogens is 1. The van der Waals surface area contributed by atoms with E-state index in [1.54, 1.807) is 6.07 Å². The summed E-state index contributed by atoms with van der Waals surface area (Å²) in [6.07, 6.45) is 5.14. The highest BCUT2D eigenvalue weighted by Crippen LogP contribution is 2.12. The summed E-state index contributed by atoms with van der Waals surface area (Å²) in [5.74, 6) is 2.46. The lowest BCUT2D eigenvalue weighted by Crippen LogP contribution is -1.86. The molecular weight excluding hydrogens is 190 g/mol. The van der Waals surface area contributed by atoms with Crippen LogP contribution in [0, 0.1) is 19.3 Å². The van der Waals surface area contributed by atoms with Gasteiger partial charge in [0.25, 0.3) is 0 Å². The van der Waals surface area contributed by atoms with Gasteiger partial charge < -0.3 is 0 Å². The van der Waals surface area contributed by atoms with E-state index in [1.807, 2.05) is 13.0 Å². The number of hydrogen-bond acceptors (Lipinski definition) is 1. The largest absolute Gasteiger partial charge is 0.244 e. The van der Waals surface area contributed by atoms with Crippen LogP contribution in [-0.2, 0) is 0 Å². The molecule has 50 valence electrons. The predicted molar refractivity (Wildman–Crippen MR) is 44.6 cm³/mol. The van der Waals surface area contributed by atoms with Crippen molar-refractivity contribution in [2.45, 2.75) is 6.92 Å². The molecule has 0 amide bonds. The SMILES string of the molecule is C#Cc1ccc(Br)c(C)n1. The van der Waals surface area contributed by atoms with Gasteiger partial charge in [-0.3, -0.25) is 0 Å². The number of nitrogens with zero attached hydrogens (tertiary/aromatic N) is 1. The number of rotatable bonds is 0. The van der Waals surface area contributed by atoms with Crippen LogP contribution >= 0.6 is 15.9 Å². The minimum absolute atomic E-state index is 0.681. The van der Waals surface area contributed by atoms with E-state index in [-0.39, 0.29) is 0 Å². The summed E-state index contributed by atoms with van der Waals surface area (Å²) in [7, 11) is 0. The molecule has 0 radical (unpaired) electrons. The third-order valence-electron chi connectivity index (χ3n) is 1.17. The molecule has 2 heteroatoms. The molecule has 1 rings (SSSR count). The second-order valence-electron chi connectivity index (χ2n) is 1.91. The van der Waals surface area contributed by atoms with E-state index in [0.717, 1.165) is 10.2 Å². The van der Waals surface area contributed by atoms with Crippen LogP contribution in [0.15, 0.2) is 16.6 Å². The van der Waals surface area contributed by atoms with E-state index in [1.165, 1.54) is 0 Å². The van der Waals surface area contributed by atoms with E-state index >= 15 is 0 Å². The topological polar surface area (TPSA) is 12.9 Å². The van der Waals surface area contributed by atoms with Gasteiger partial charge in [0.1, 0.15) is 5.69 Å². The fraction of sp³-hybridized carbons (Fsp3) is 0.125. The molecule has 0 aliphatic heterocycles. The lowest BCUT2D eigenvalue weighted by molar-refractivity contribution is 1.16. The quantitative estimate of drug-likeness (QED) is 0.579. The fourth-order valence-electron chi connectivity index (χ4n) is 0.624. The summed E-state index contributed by atoms with van der Waals surface area (Å²) in [4.78, 5) is 4.11. The maximum absolute atomic E-state index is 5.14. The van der Waals surface area contributed by atoms with E-state index < -0.39 is 0 Å². The normalized spacial score (nSPS) is 8.90. The van der Waals surface area contributed by atoms with Gasteiger partial charge in [-0.15, -0.1) is 6.42 Å². The molecule has 0 aliphatic carbocycles. The lowest BCUT2D eigenvalue weighted by atomic mass is 10.3. The Kier molecular flexibility index (Phi) is 2.08. The van der Waals surface area contributed by atoms with Gasteiger partial charge in [-0.25, -0.2) is 4.98 Å². The third kappa shape index (κ3) is 1.37. The first-order valence-electron chi connectivity index (χ1n) is 2.84. The van der Waals surface area contributed by atoms with Crippen LogP contribution in [0.3, 0.4) is 0 Å². The zero-order valence-electron chi connectivity index (χ0n) is 5.56. The first kappa shape index (κ1) is 7.30. The molecule has 0 bridgehead atoms. The van der Waals surface area contributed by atoms with Gasteiger partial charge in [-0.05, 0) is 35.0 Å². The van der Waals surface area contributed by atoms with E-state index in [4.69, 9.17) is 6.42 Å². The molecule has 1 aromatic rings. The van der Waals surface area contributed by atoms with Gasteiger partial charge in [0.05, 0.1) is 5.69 Å². The van der Waals surface area contributed by atoms with Gasteiger partial charge in [0.2, 0.25) is 0 Å². The van der Waals surface area contributed by atoms with Crippen molar-refractivity contribution in [1.82, 2.24) is 4.98 Å². The van der Waals surface area contributed by atoms with Gasteiger partial charge in [0, 0.05) is 4.47 Å². The van der Waals surface area contributed by atoms with Crippen LogP contribution in [0.25, 0.3) is 0 Å². The van der Waals surface area contributed by atoms with Crippen molar-refractivity contribution in [3.63, 3.8) is 0 Å². The smallest absolute Gasteiger partial charge is 0.113 e. The average Bonchev–Trinajstić information content (AvgIpc) is 1.95. The second kappa shape index (κ2) is 2.85. The highest BCUT2D eigenvalue weighted by atomic mass is 79.9. The van der Waals surface area contributed by atoms with Gasteiger partial charge in [0.15, 0.2) is 0 Å². The van der Waals surface area contributed by atoms with Crippen molar-refractivity contribution in [3.05, 3.63) is 28.0 Å². The Balaban J connectivity index is 3.20. The lowest BCUT2D eigenvalue weighted by Gasteiger charge is -1.95. The van der Waals surface area contributed by atoms with E-state index in [9.17, 15) is 0 Å². The van der Waals surface area contributed by atoms with Crippen molar-refractivity contribution < 1.29 is 0 Å². The van der Waals surface area contributed by atoms with Gasteiger partial charge in [-0.1, -0.05) is 5.92 Å². The molecule has 0 aromatic carbocycles. The van der Waals surface area contributed by atoms with Crippen LogP contribution in [0.4, 0.5) is 0 Å². The molecule has 0 saturated heterocycles. The van der Waals surface area contributed by atoms with Gasteiger partial charge in [-0.2, -0.15) is 0 Å². The molecule has 1 aromatic heterocycles. The summed E-state index contributed by atoms with van der Waals surface area (Å²) in [5, 5.41) is 0. The van der Waals surface area contributed by atoms with Crippen LogP contribution in [0.5, 0.6) is 0 Å². The Bertz CT molecular complexity index is 286. The molecule has 0 fully saturated rings. The molecule has 0 N–H and O–H groups in total. The number of aromatic nitrogens is 1. The Morgan fingerprint density at radius 2 is 2.30 bits per heavy atom. The van der Waals surface area contributed by atoms with Crippen molar-refractivity contribution in [2.24, 2.45) is 0 Å². The minimum Gasteiger partial charge on any atom is -0.244 e. The van der Waals surface area contributed by atoms with E-state index in [2.05, 4.69) is 26.8 Å². The van der Waals surface area contributed by atoms with Crippen molar-refractivity contribution >= 4 is 15.9 Å². The maximum atomic E-state index is 5.14. The monoisotopic (exact) mass is 195 g/mol. The van der Waals surface area contributed by atoms with Crippen molar-refractivity contribution in [3.8, 4) is 12.3 Å². The molecular formula is C8H6BrN. The third-order valence-corrected chi connectivity index (χ3v) is 2.01. The summed E-state index contributed by atoms with van der Waals surface area (Å²) >= 11 is 3.33. The van der Waals surface area contributed by atoms with Crippen molar-refractivity contribution in [2.75, 3.05) is 0 Å². The molecule has 0 atom stereocenters. The van der Waals surface area contributed by atoms with E-state index in [0.29, 0.717) is 5.69 Å². The Hall–Kier alpha value is -0.810. The highest BCUT2D eigenvalue weighted by Gasteiger charge is 1.94. The summed E-state index contributed by atoms with van der Waals surface area (Å²) in [6, 6.07) is 3.70. The Morgan fingerprint density at radius 1 is 1.60 bits per heavy atom. The first-order chi connectivity index (χ1) is 4.74.